The Morgan fingerprint density at radius 2 is 1.63 bits per heavy atom. The predicted octanol–water partition coefficient (Wildman–Crippen LogP) is 3.04. The lowest BCUT2D eigenvalue weighted by atomic mass is 10.0. The second-order valence-corrected chi connectivity index (χ2v) is 8.07. The van der Waals surface area contributed by atoms with Crippen LogP contribution < -0.4 is 4.72 Å². The van der Waals surface area contributed by atoms with Crippen LogP contribution in [0.4, 0.5) is 18.9 Å². The fourth-order valence-electron chi connectivity index (χ4n) is 3.85. The molecule has 30 heavy (non-hydrogen) atoms. The molecule has 162 valence electrons. The quantitative estimate of drug-likeness (QED) is 0.573. The molecule has 0 saturated carbocycles. The predicted molar refractivity (Wildman–Crippen MR) is 106 cm³/mol. The zero-order valence-corrected chi connectivity index (χ0v) is 17.2. The van der Waals surface area contributed by atoms with Crippen LogP contribution in [0.5, 0.6) is 0 Å². The summed E-state index contributed by atoms with van der Waals surface area (Å²) in [6.07, 6.45) is 0. The van der Waals surface area contributed by atoms with Crippen LogP contribution in [0.3, 0.4) is 0 Å². The van der Waals surface area contributed by atoms with E-state index in [-0.39, 0.29) is 24.5 Å². The maximum Gasteiger partial charge on any atom is 0.254 e. The van der Waals surface area contributed by atoms with Crippen molar-refractivity contribution in [2.45, 2.75) is 32.5 Å². The van der Waals surface area contributed by atoms with Gasteiger partial charge >= 0.3 is 0 Å². The average Bonchev–Trinajstić information content (AvgIpc) is 2.65. The van der Waals surface area contributed by atoms with Crippen LogP contribution in [0, 0.1) is 17.5 Å². The van der Waals surface area contributed by atoms with E-state index < -0.39 is 28.7 Å². The van der Waals surface area contributed by atoms with E-state index in [9.17, 15) is 26.7 Å². The van der Waals surface area contributed by atoms with Crippen molar-refractivity contribution >= 4 is 22.9 Å². The van der Waals surface area contributed by atoms with E-state index in [0.717, 1.165) is 12.1 Å². The van der Waals surface area contributed by atoms with E-state index in [1.54, 1.807) is 17.0 Å². The number of benzene rings is 2. The van der Waals surface area contributed by atoms with E-state index in [0.29, 0.717) is 29.9 Å². The van der Waals surface area contributed by atoms with Gasteiger partial charge in [0.15, 0.2) is 17.5 Å². The molecule has 3 atom stereocenters. The summed E-state index contributed by atoms with van der Waals surface area (Å²) in [5.74, 6) is -4.13. The lowest BCUT2D eigenvalue weighted by molar-refractivity contribution is 0.0268. The van der Waals surface area contributed by atoms with Gasteiger partial charge in [0.05, 0.1) is 0 Å². The van der Waals surface area contributed by atoms with Crippen LogP contribution in [0.15, 0.2) is 36.4 Å². The third kappa shape index (κ3) is 5.00. The van der Waals surface area contributed by atoms with Gasteiger partial charge in [0.2, 0.25) is 0 Å². The molecule has 0 aliphatic carbocycles. The minimum Gasteiger partial charge on any atom is -0.755 e. The first kappa shape index (κ1) is 22.3. The fourth-order valence-corrected chi connectivity index (χ4v) is 4.17. The van der Waals surface area contributed by atoms with Crippen molar-refractivity contribution in [3.8, 4) is 0 Å². The van der Waals surface area contributed by atoms with E-state index in [1.807, 2.05) is 18.7 Å². The van der Waals surface area contributed by atoms with Crippen molar-refractivity contribution in [1.82, 2.24) is 9.80 Å². The maximum atomic E-state index is 13.5. The van der Waals surface area contributed by atoms with Gasteiger partial charge in [0, 0.05) is 54.2 Å². The Kier molecular flexibility index (Phi) is 6.79. The van der Waals surface area contributed by atoms with Crippen LogP contribution in [0.25, 0.3) is 0 Å². The SMILES string of the molecule is CC1CN(Cc2cc(F)c(F)c(F)c2)CC(C)N1C(=O)c1ccc(NS(=O)[O-])cc1. The number of nitrogens with one attached hydrogen (secondary N) is 1. The molecule has 0 bridgehead atoms. The van der Waals surface area contributed by atoms with Gasteiger partial charge in [-0.05, 0) is 55.8 Å². The van der Waals surface area contributed by atoms with Crippen LogP contribution in [-0.4, -0.2) is 49.6 Å². The number of halogens is 3. The standard InChI is InChI=1S/C20H22F3N3O3S/c1-12-9-25(11-14-7-17(21)19(23)18(22)8-14)10-13(2)26(12)20(27)15-3-5-16(6-4-15)24-30(28)29/h3-8,12-13,24H,9-11H2,1-2H3,(H,28,29)/p-1. The molecule has 1 saturated heterocycles. The highest BCUT2D eigenvalue weighted by Crippen LogP contribution is 2.23. The van der Waals surface area contributed by atoms with E-state index in [1.165, 1.54) is 12.1 Å². The Balaban J connectivity index is 1.68. The third-order valence-corrected chi connectivity index (χ3v) is 5.41. The lowest BCUT2D eigenvalue weighted by Crippen LogP contribution is -2.58. The molecule has 10 heteroatoms. The van der Waals surface area contributed by atoms with Crippen LogP contribution in [-0.2, 0) is 17.8 Å². The fraction of sp³-hybridized carbons (Fsp3) is 0.350. The number of hydrogen-bond donors (Lipinski definition) is 1. The molecule has 0 aromatic heterocycles. The molecule has 1 fully saturated rings. The Hall–Kier alpha value is -2.43. The van der Waals surface area contributed by atoms with Crippen molar-refractivity contribution in [2.24, 2.45) is 0 Å². The number of carbonyl (C=O) groups is 1. The van der Waals surface area contributed by atoms with Gasteiger partial charge in [-0.15, -0.1) is 0 Å². The van der Waals surface area contributed by atoms with Crippen molar-refractivity contribution in [3.05, 3.63) is 65.0 Å². The molecule has 1 amide bonds. The van der Waals surface area contributed by atoms with Crippen LogP contribution in [0.1, 0.15) is 29.8 Å². The van der Waals surface area contributed by atoms with Gasteiger partial charge in [0.1, 0.15) is 0 Å². The highest BCUT2D eigenvalue weighted by Gasteiger charge is 2.33. The molecule has 2 aromatic rings. The van der Waals surface area contributed by atoms with Gasteiger partial charge in [-0.25, -0.2) is 13.2 Å². The summed E-state index contributed by atoms with van der Waals surface area (Å²) in [5, 5.41) is 0. The zero-order valence-electron chi connectivity index (χ0n) is 16.4. The molecule has 1 heterocycles. The van der Waals surface area contributed by atoms with Gasteiger partial charge in [-0.2, -0.15) is 0 Å². The first-order valence-corrected chi connectivity index (χ1v) is 10.4. The van der Waals surface area contributed by atoms with E-state index >= 15 is 0 Å². The van der Waals surface area contributed by atoms with Crippen molar-refractivity contribution in [2.75, 3.05) is 17.8 Å². The Labute approximate surface area is 175 Å². The Morgan fingerprint density at radius 1 is 1.10 bits per heavy atom. The minimum atomic E-state index is -2.44. The molecule has 0 spiro atoms. The van der Waals surface area contributed by atoms with Crippen LogP contribution >= 0.6 is 0 Å². The molecule has 0 radical (unpaired) electrons. The first-order chi connectivity index (χ1) is 14.2. The molecule has 1 aliphatic rings. The smallest absolute Gasteiger partial charge is 0.254 e. The summed E-state index contributed by atoms with van der Waals surface area (Å²) in [4.78, 5) is 16.7. The number of nitrogens with zero attached hydrogens (tertiary/aromatic N) is 2. The summed E-state index contributed by atoms with van der Waals surface area (Å²) >= 11 is -2.44. The number of rotatable bonds is 5. The normalized spacial score (nSPS) is 20.8. The second-order valence-electron chi connectivity index (χ2n) is 7.39. The molecule has 2 aromatic carbocycles. The van der Waals surface area contributed by atoms with Gasteiger partial charge in [-0.3, -0.25) is 13.9 Å². The summed E-state index contributed by atoms with van der Waals surface area (Å²) in [5.41, 5.74) is 1.10. The summed E-state index contributed by atoms with van der Waals surface area (Å²) in [7, 11) is 0. The second kappa shape index (κ2) is 9.15. The first-order valence-electron chi connectivity index (χ1n) is 9.30. The van der Waals surface area contributed by atoms with E-state index in [4.69, 9.17) is 0 Å². The highest BCUT2D eigenvalue weighted by molar-refractivity contribution is 7.80. The van der Waals surface area contributed by atoms with E-state index in [2.05, 4.69) is 4.72 Å². The molecule has 1 aliphatic heterocycles. The highest BCUT2D eigenvalue weighted by atomic mass is 32.2. The molecule has 6 nitrogen and oxygen atoms in total. The van der Waals surface area contributed by atoms with Gasteiger partial charge in [0.25, 0.3) is 5.91 Å². The van der Waals surface area contributed by atoms with Crippen molar-refractivity contribution in [1.29, 1.82) is 0 Å². The van der Waals surface area contributed by atoms with Gasteiger partial charge < -0.3 is 14.2 Å². The largest absolute Gasteiger partial charge is 0.755 e. The molecular weight excluding hydrogens is 419 g/mol. The Bertz CT molecular complexity index is 923. The van der Waals surface area contributed by atoms with Crippen molar-refractivity contribution in [3.63, 3.8) is 0 Å². The molecule has 3 unspecified atom stereocenters. The molecular formula is C20H21F3N3O3S-. The number of carbonyl (C=O) groups excluding carboxylic acids is 1. The third-order valence-electron chi connectivity index (χ3n) is 5.01. The topological polar surface area (TPSA) is 75.7 Å². The number of hydrogen-bond acceptors (Lipinski definition) is 4. The monoisotopic (exact) mass is 440 g/mol. The maximum absolute atomic E-state index is 13.5. The average molecular weight is 440 g/mol. The van der Waals surface area contributed by atoms with Crippen molar-refractivity contribution < 1.29 is 26.7 Å². The van der Waals surface area contributed by atoms with Gasteiger partial charge in [-0.1, -0.05) is 0 Å². The summed E-state index contributed by atoms with van der Waals surface area (Å²) in [6.45, 7) is 4.94. The summed E-state index contributed by atoms with van der Waals surface area (Å²) in [6, 6.07) is 7.72. The van der Waals surface area contributed by atoms with Crippen LogP contribution in [0.2, 0.25) is 0 Å². The minimum absolute atomic E-state index is 0.177. The number of piperazine rings is 1. The molecule has 1 N–H and O–H groups in total. The zero-order chi connectivity index (χ0) is 22.0. The Morgan fingerprint density at radius 3 is 2.13 bits per heavy atom. The lowest BCUT2D eigenvalue weighted by Gasteiger charge is -2.44. The molecule has 3 rings (SSSR count). The number of amides is 1. The summed E-state index contributed by atoms with van der Waals surface area (Å²) < 4.78 is 63.7. The number of anilines is 1.